The van der Waals surface area contributed by atoms with E-state index >= 15 is 0 Å². The van der Waals surface area contributed by atoms with Crippen LogP contribution in [-0.2, 0) is 6.54 Å². The molecule has 1 aliphatic rings. The Hall–Kier alpha value is -2.34. The molecule has 25 heavy (non-hydrogen) atoms. The molecule has 0 spiro atoms. The molecule has 2 aromatic heterocycles. The summed E-state index contributed by atoms with van der Waals surface area (Å²) in [5.41, 5.74) is -0.0917. The summed E-state index contributed by atoms with van der Waals surface area (Å²) in [4.78, 5) is 28.6. The van der Waals surface area contributed by atoms with Gasteiger partial charge in [0.2, 0.25) is 0 Å². The molecule has 3 heterocycles. The maximum atomic E-state index is 12.8. The molecule has 3 rings (SSSR count). The van der Waals surface area contributed by atoms with Gasteiger partial charge in [0.1, 0.15) is 5.76 Å². The predicted octanol–water partition coefficient (Wildman–Crippen LogP) is 1.90. The molecule has 0 radical (unpaired) electrons. The van der Waals surface area contributed by atoms with Gasteiger partial charge in [0.25, 0.3) is 11.5 Å². The lowest BCUT2D eigenvalue weighted by Gasteiger charge is -2.23. The number of likely N-dealkylation sites (N-methyl/N-ethyl adjacent to an activating group) is 1. The third kappa shape index (κ3) is 3.69. The van der Waals surface area contributed by atoms with Gasteiger partial charge >= 0.3 is 0 Å². The van der Waals surface area contributed by atoms with Gasteiger partial charge < -0.3 is 18.8 Å². The van der Waals surface area contributed by atoms with Crippen LogP contribution in [0.3, 0.4) is 0 Å². The second kappa shape index (κ2) is 7.27. The third-order valence-electron chi connectivity index (χ3n) is 4.98. The first-order valence-corrected chi connectivity index (χ1v) is 8.69. The minimum Gasteiger partial charge on any atom is -0.454 e. The molecule has 2 aromatic rings. The third-order valence-corrected chi connectivity index (χ3v) is 4.98. The van der Waals surface area contributed by atoms with Gasteiger partial charge in [0, 0.05) is 31.4 Å². The van der Waals surface area contributed by atoms with E-state index < -0.39 is 0 Å². The largest absolute Gasteiger partial charge is 0.454 e. The Balaban J connectivity index is 1.71. The number of nitrogens with zero attached hydrogens (tertiary/aromatic N) is 3. The lowest BCUT2D eigenvalue weighted by molar-refractivity contribution is 0.0747. The van der Waals surface area contributed by atoms with Crippen LogP contribution in [0.5, 0.6) is 0 Å². The Morgan fingerprint density at radius 2 is 2.04 bits per heavy atom. The zero-order valence-electron chi connectivity index (χ0n) is 15.0. The highest BCUT2D eigenvalue weighted by molar-refractivity contribution is 5.91. The van der Waals surface area contributed by atoms with Gasteiger partial charge in [0.05, 0.1) is 6.54 Å². The molecule has 1 amide bonds. The van der Waals surface area contributed by atoms with Gasteiger partial charge in [-0.15, -0.1) is 0 Å². The smallest absolute Gasteiger partial charge is 0.289 e. The number of amides is 1. The maximum absolute atomic E-state index is 12.8. The molecule has 0 aromatic carbocycles. The monoisotopic (exact) mass is 343 g/mol. The van der Waals surface area contributed by atoms with Crippen molar-refractivity contribution in [3.63, 3.8) is 0 Å². The molecule has 2 unspecified atom stereocenters. The van der Waals surface area contributed by atoms with Gasteiger partial charge in [0.15, 0.2) is 5.76 Å². The molecular formula is C19H25N3O3. The molecule has 2 atom stereocenters. The summed E-state index contributed by atoms with van der Waals surface area (Å²) in [6, 6.07) is 8.86. The van der Waals surface area contributed by atoms with Crippen molar-refractivity contribution in [2.24, 2.45) is 5.92 Å². The van der Waals surface area contributed by atoms with Gasteiger partial charge in [-0.3, -0.25) is 9.59 Å². The number of furan rings is 1. The van der Waals surface area contributed by atoms with Crippen LogP contribution in [0.1, 0.15) is 29.7 Å². The first-order chi connectivity index (χ1) is 12.0. The predicted molar refractivity (Wildman–Crippen MR) is 95.7 cm³/mol. The summed E-state index contributed by atoms with van der Waals surface area (Å²) in [5.74, 6) is 1.35. The second-order valence-corrected chi connectivity index (χ2v) is 6.84. The normalized spacial score (nSPS) is 20.4. The molecule has 0 aliphatic carbocycles. The molecule has 0 bridgehead atoms. The van der Waals surface area contributed by atoms with Gasteiger partial charge in [-0.2, -0.15) is 0 Å². The van der Waals surface area contributed by atoms with Crippen LogP contribution < -0.4 is 5.56 Å². The highest BCUT2D eigenvalue weighted by Gasteiger charge is 2.36. The maximum Gasteiger partial charge on any atom is 0.289 e. The zero-order valence-corrected chi connectivity index (χ0v) is 15.0. The lowest BCUT2D eigenvalue weighted by Crippen LogP contribution is -2.36. The van der Waals surface area contributed by atoms with Crippen molar-refractivity contribution in [1.82, 2.24) is 14.4 Å². The quantitative estimate of drug-likeness (QED) is 0.832. The van der Waals surface area contributed by atoms with Crippen molar-refractivity contribution >= 4 is 5.91 Å². The minimum absolute atomic E-state index is 0.0746. The van der Waals surface area contributed by atoms with Crippen LogP contribution in [0, 0.1) is 5.92 Å². The second-order valence-electron chi connectivity index (χ2n) is 6.84. The Labute approximate surface area is 147 Å². The topological polar surface area (TPSA) is 58.7 Å². The Kier molecular flexibility index (Phi) is 5.08. The Bertz CT molecular complexity index is 793. The van der Waals surface area contributed by atoms with Crippen LogP contribution in [0.2, 0.25) is 0 Å². The highest BCUT2D eigenvalue weighted by Crippen LogP contribution is 2.25. The first-order valence-electron chi connectivity index (χ1n) is 8.69. The summed E-state index contributed by atoms with van der Waals surface area (Å²) in [5, 5.41) is 0. The number of hydrogen-bond acceptors (Lipinski definition) is 4. The number of hydrogen-bond donors (Lipinski definition) is 0. The van der Waals surface area contributed by atoms with Crippen molar-refractivity contribution in [2.45, 2.75) is 25.9 Å². The van der Waals surface area contributed by atoms with E-state index in [4.69, 9.17) is 4.42 Å². The van der Waals surface area contributed by atoms with Crippen LogP contribution in [0.4, 0.5) is 0 Å². The number of pyridine rings is 1. The van der Waals surface area contributed by atoms with Crippen LogP contribution >= 0.6 is 0 Å². The average Bonchev–Trinajstić information content (AvgIpc) is 3.23. The molecule has 0 N–H and O–H groups in total. The number of likely N-dealkylation sites (tertiary alicyclic amines) is 1. The van der Waals surface area contributed by atoms with Gasteiger partial charge in [-0.1, -0.05) is 19.4 Å². The van der Waals surface area contributed by atoms with E-state index in [0.29, 0.717) is 30.0 Å². The standard InChI is InChI=1S/C19H25N3O3/c1-4-14-11-22(13-16(14)20(2)3)19(24)17-9-8-15(25-17)12-21-10-6-5-7-18(21)23/h5-10,14,16H,4,11-13H2,1-3H3. The van der Waals surface area contributed by atoms with E-state index in [1.54, 1.807) is 35.0 Å². The van der Waals surface area contributed by atoms with Crippen molar-refractivity contribution in [1.29, 1.82) is 0 Å². The fourth-order valence-corrected chi connectivity index (χ4v) is 3.50. The fraction of sp³-hybridized carbons (Fsp3) is 0.474. The number of carbonyl (C=O) groups excluding carboxylic acids is 1. The molecule has 6 nitrogen and oxygen atoms in total. The van der Waals surface area contributed by atoms with E-state index in [0.717, 1.165) is 19.5 Å². The van der Waals surface area contributed by atoms with Crippen molar-refractivity contribution in [3.8, 4) is 0 Å². The van der Waals surface area contributed by atoms with E-state index in [2.05, 4.69) is 25.9 Å². The number of carbonyl (C=O) groups is 1. The Morgan fingerprint density at radius 3 is 2.68 bits per heavy atom. The fourth-order valence-electron chi connectivity index (χ4n) is 3.50. The van der Waals surface area contributed by atoms with Crippen LogP contribution in [0.25, 0.3) is 0 Å². The van der Waals surface area contributed by atoms with Crippen LogP contribution in [0.15, 0.2) is 45.7 Å². The summed E-state index contributed by atoms with van der Waals surface area (Å²) in [6.45, 7) is 3.97. The Morgan fingerprint density at radius 1 is 1.24 bits per heavy atom. The molecule has 1 aliphatic heterocycles. The number of aromatic nitrogens is 1. The van der Waals surface area contributed by atoms with Gasteiger partial charge in [-0.05, 0) is 38.2 Å². The van der Waals surface area contributed by atoms with Crippen molar-refractivity contribution < 1.29 is 9.21 Å². The van der Waals surface area contributed by atoms with Crippen molar-refractivity contribution in [2.75, 3.05) is 27.2 Å². The minimum atomic E-state index is -0.0917. The molecule has 0 saturated carbocycles. The zero-order chi connectivity index (χ0) is 18.0. The SMILES string of the molecule is CCC1CN(C(=O)c2ccc(Cn3ccccc3=O)o2)CC1N(C)C. The molecule has 134 valence electrons. The number of rotatable bonds is 5. The van der Waals surface area contributed by atoms with Gasteiger partial charge in [-0.25, -0.2) is 0 Å². The summed E-state index contributed by atoms with van der Waals surface area (Å²) in [6.07, 6.45) is 2.76. The summed E-state index contributed by atoms with van der Waals surface area (Å²) in [7, 11) is 4.12. The summed E-state index contributed by atoms with van der Waals surface area (Å²) < 4.78 is 7.27. The van der Waals surface area contributed by atoms with E-state index in [1.165, 1.54) is 6.07 Å². The highest BCUT2D eigenvalue weighted by atomic mass is 16.4. The van der Waals surface area contributed by atoms with Crippen molar-refractivity contribution in [3.05, 3.63) is 58.4 Å². The lowest BCUT2D eigenvalue weighted by atomic mass is 10.0. The molecule has 1 saturated heterocycles. The van der Waals surface area contributed by atoms with Crippen LogP contribution in [-0.4, -0.2) is 53.5 Å². The molecular weight excluding hydrogens is 318 g/mol. The summed E-state index contributed by atoms with van der Waals surface area (Å²) >= 11 is 0. The average molecular weight is 343 g/mol. The molecule has 6 heteroatoms. The van der Waals surface area contributed by atoms with E-state index in [-0.39, 0.29) is 11.5 Å². The molecule has 1 fully saturated rings. The first kappa shape index (κ1) is 17.5. The van der Waals surface area contributed by atoms with E-state index in [9.17, 15) is 9.59 Å². The van der Waals surface area contributed by atoms with E-state index in [1.807, 2.05) is 4.90 Å².